The minimum absolute atomic E-state index is 0.0132. The van der Waals surface area contributed by atoms with Crippen LogP contribution in [0.1, 0.15) is 36.8 Å². The molecule has 2 fully saturated rings. The first-order valence-electron chi connectivity index (χ1n) is 7.69. The number of piperidine rings is 1. The van der Waals surface area contributed by atoms with E-state index in [-0.39, 0.29) is 11.8 Å². The molecule has 4 nitrogen and oxygen atoms in total. The summed E-state index contributed by atoms with van der Waals surface area (Å²) in [5.41, 5.74) is -0.539. The third-order valence-corrected chi connectivity index (χ3v) is 4.70. The van der Waals surface area contributed by atoms with Crippen molar-refractivity contribution in [1.82, 2.24) is 9.88 Å². The third kappa shape index (κ3) is 3.20. The minimum Gasteiger partial charge on any atom is -0.379 e. The quantitative estimate of drug-likeness (QED) is 0.838. The number of amides is 1. The highest BCUT2D eigenvalue weighted by molar-refractivity contribution is 5.83. The molecule has 0 saturated carbocycles. The van der Waals surface area contributed by atoms with Crippen LogP contribution >= 0.6 is 0 Å². The Morgan fingerprint density at radius 2 is 1.96 bits per heavy atom. The Bertz CT molecular complexity index is 591. The number of likely N-dealkylation sites (tertiary alicyclic amines) is 1. The number of rotatable bonds is 2. The zero-order valence-electron chi connectivity index (χ0n) is 12.9. The van der Waals surface area contributed by atoms with Crippen molar-refractivity contribution in [1.29, 1.82) is 0 Å². The van der Waals surface area contributed by atoms with Gasteiger partial charge in [0.1, 0.15) is 0 Å². The number of halogens is 3. The summed E-state index contributed by atoms with van der Waals surface area (Å²) >= 11 is 0. The summed E-state index contributed by atoms with van der Waals surface area (Å²) in [6.07, 6.45) is -0.714. The Labute approximate surface area is 132 Å². The molecule has 0 atom stereocenters. The Hall–Kier alpha value is -1.63. The lowest BCUT2D eigenvalue weighted by molar-refractivity contribution is -0.169. The van der Waals surface area contributed by atoms with Gasteiger partial charge in [-0.3, -0.25) is 9.78 Å². The van der Waals surface area contributed by atoms with Gasteiger partial charge >= 0.3 is 6.18 Å². The minimum atomic E-state index is -4.38. The van der Waals surface area contributed by atoms with Crippen molar-refractivity contribution in [2.24, 2.45) is 5.41 Å². The summed E-state index contributed by atoms with van der Waals surface area (Å²) in [4.78, 5) is 17.9. The molecule has 3 rings (SSSR count). The molecule has 0 bridgehead atoms. The fourth-order valence-corrected chi connectivity index (χ4v) is 3.17. The van der Waals surface area contributed by atoms with Crippen molar-refractivity contribution >= 4 is 5.91 Å². The van der Waals surface area contributed by atoms with Gasteiger partial charge in [-0.2, -0.15) is 13.2 Å². The molecule has 7 heteroatoms. The Kier molecular flexibility index (Phi) is 4.08. The predicted molar refractivity (Wildman–Crippen MR) is 76.7 cm³/mol. The lowest BCUT2D eigenvalue weighted by atomic mass is 9.84. The zero-order valence-corrected chi connectivity index (χ0v) is 12.9. The molecule has 1 aromatic heterocycles. The Morgan fingerprint density at radius 1 is 1.30 bits per heavy atom. The van der Waals surface area contributed by atoms with Gasteiger partial charge in [0, 0.05) is 25.5 Å². The predicted octanol–water partition coefficient (Wildman–Crippen LogP) is 2.84. The van der Waals surface area contributed by atoms with Crippen LogP contribution in [0.15, 0.2) is 18.5 Å². The molecule has 0 aliphatic carbocycles. The normalized spacial score (nSPS) is 21.8. The molecule has 2 saturated heterocycles. The van der Waals surface area contributed by atoms with Crippen molar-refractivity contribution < 1.29 is 22.7 Å². The number of hydrogen-bond acceptors (Lipinski definition) is 3. The third-order valence-electron chi connectivity index (χ3n) is 4.70. The first kappa shape index (κ1) is 16.2. The van der Waals surface area contributed by atoms with Gasteiger partial charge < -0.3 is 9.64 Å². The Morgan fingerprint density at radius 3 is 2.48 bits per heavy atom. The molecule has 1 aromatic rings. The number of carbonyl (C=O) groups excluding carboxylic acids is 1. The molecule has 2 aliphatic heterocycles. The van der Waals surface area contributed by atoms with Crippen LogP contribution in [0, 0.1) is 5.41 Å². The topological polar surface area (TPSA) is 42.4 Å². The van der Waals surface area contributed by atoms with Crippen LogP contribution in [0.3, 0.4) is 0 Å². The van der Waals surface area contributed by atoms with Crippen LogP contribution in [0.5, 0.6) is 0 Å². The van der Waals surface area contributed by atoms with E-state index in [0.29, 0.717) is 44.7 Å². The monoisotopic (exact) mass is 328 g/mol. The van der Waals surface area contributed by atoms with Crippen LogP contribution in [0.4, 0.5) is 13.2 Å². The number of ether oxygens (including phenoxy) is 1. The summed E-state index contributed by atoms with van der Waals surface area (Å²) in [7, 11) is 0. The first-order chi connectivity index (χ1) is 10.8. The molecule has 0 radical (unpaired) electrons. The van der Waals surface area contributed by atoms with E-state index in [4.69, 9.17) is 4.74 Å². The van der Waals surface area contributed by atoms with Gasteiger partial charge in [-0.05, 0) is 37.3 Å². The number of hydrogen-bond donors (Lipinski definition) is 0. The van der Waals surface area contributed by atoms with Gasteiger partial charge in [0.05, 0.1) is 24.2 Å². The molecular formula is C16H19F3N2O2. The molecule has 3 heterocycles. The second-order valence-electron chi connectivity index (χ2n) is 6.62. The van der Waals surface area contributed by atoms with Gasteiger partial charge in [0.2, 0.25) is 5.91 Å². The summed E-state index contributed by atoms with van der Waals surface area (Å²) in [5, 5.41) is 0. The van der Waals surface area contributed by atoms with Gasteiger partial charge in [0.15, 0.2) is 0 Å². The lowest BCUT2D eigenvalue weighted by Crippen LogP contribution is -2.54. The van der Waals surface area contributed by atoms with E-state index < -0.39 is 17.2 Å². The molecule has 0 aromatic carbocycles. The van der Waals surface area contributed by atoms with Crippen molar-refractivity contribution in [3.63, 3.8) is 0 Å². The van der Waals surface area contributed by atoms with E-state index in [1.807, 2.05) is 6.92 Å². The maximum absolute atomic E-state index is 12.8. The summed E-state index contributed by atoms with van der Waals surface area (Å²) < 4.78 is 43.4. The second-order valence-corrected chi connectivity index (χ2v) is 6.62. The number of pyridine rings is 1. The molecule has 1 amide bonds. The van der Waals surface area contributed by atoms with Gasteiger partial charge in [0.25, 0.3) is 0 Å². The molecule has 23 heavy (non-hydrogen) atoms. The second kappa shape index (κ2) is 5.78. The number of nitrogens with zero attached hydrogens (tertiary/aromatic N) is 2. The van der Waals surface area contributed by atoms with Gasteiger partial charge in [-0.1, -0.05) is 0 Å². The number of aromatic nitrogens is 1. The molecule has 126 valence electrons. The zero-order chi connectivity index (χ0) is 16.7. The van der Waals surface area contributed by atoms with E-state index in [0.717, 1.165) is 6.20 Å². The lowest BCUT2D eigenvalue weighted by Gasteiger charge is -2.42. The fraction of sp³-hybridized carbons (Fsp3) is 0.625. The van der Waals surface area contributed by atoms with Crippen molar-refractivity contribution in [3.05, 3.63) is 29.6 Å². The largest absolute Gasteiger partial charge is 0.417 e. The van der Waals surface area contributed by atoms with Crippen molar-refractivity contribution in [3.8, 4) is 0 Å². The van der Waals surface area contributed by atoms with Crippen LogP contribution in [-0.4, -0.2) is 42.1 Å². The number of carbonyl (C=O) groups is 1. The first-order valence-corrected chi connectivity index (χ1v) is 7.69. The smallest absolute Gasteiger partial charge is 0.379 e. The molecule has 0 spiro atoms. The van der Waals surface area contributed by atoms with E-state index >= 15 is 0 Å². The standard InChI is InChI=1S/C16H19F3N2O2/c1-15(9-23-10-15)14(22)21-4-2-11(3-5-21)12-6-13(8-20-7-12)16(17,18)19/h6-8,11H,2-5,9-10H2,1H3. The van der Waals surface area contributed by atoms with Crippen LogP contribution < -0.4 is 0 Å². The van der Waals surface area contributed by atoms with Crippen LogP contribution in [-0.2, 0) is 15.7 Å². The highest BCUT2D eigenvalue weighted by Crippen LogP contribution is 2.35. The van der Waals surface area contributed by atoms with Crippen LogP contribution in [0.2, 0.25) is 0 Å². The van der Waals surface area contributed by atoms with Crippen molar-refractivity contribution in [2.45, 2.75) is 31.9 Å². The molecular weight excluding hydrogens is 309 g/mol. The summed E-state index contributed by atoms with van der Waals surface area (Å²) in [5.74, 6) is 0.101. The van der Waals surface area contributed by atoms with Crippen molar-refractivity contribution in [2.75, 3.05) is 26.3 Å². The molecule has 2 aliphatic rings. The average molecular weight is 328 g/mol. The van der Waals surface area contributed by atoms with E-state index in [1.54, 1.807) is 4.90 Å². The van der Waals surface area contributed by atoms with Gasteiger partial charge in [-0.15, -0.1) is 0 Å². The highest BCUT2D eigenvalue weighted by atomic mass is 19.4. The molecule has 0 N–H and O–H groups in total. The van der Waals surface area contributed by atoms with E-state index in [1.165, 1.54) is 12.3 Å². The number of alkyl halides is 3. The van der Waals surface area contributed by atoms with Crippen LogP contribution in [0.25, 0.3) is 0 Å². The van der Waals surface area contributed by atoms with Gasteiger partial charge in [-0.25, -0.2) is 0 Å². The molecule has 0 unspecified atom stereocenters. The summed E-state index contributed by atoms with van der Waals surface area (Å²) in [6, 6.07) is 1.18. The maximum Gasteiger partial charge on any atom is 0.417 e. The fourth-order valence-electron chi connectivity index (χ4n) is 3.17. The highest BCUT2D eigenvalue weighted by Gasteiger charge is 2.44. The van der Waals surface area contributed by atoms with E-state index in [2.05, 4.69) is 4.98 Å². The van der Waals surface area contributed by atoms with E-state index in [9.17, 15) is 18.0 Å². The summed E-state index contributed by atoms with van der Waals surface area (Å²) in [6.45, 7) is 3.92. The maximum atomic E-state index is 12.8. The Balaban J connectivity index is 1.64. The average Bonchev–Trinajstić information content (AvgIpc) is 2.51. The SMILES string of the molecule is CC1(C(=O)N2CCC(c3cncc(C(F)(F)F)c3)CC2)COC1.